The fourth-order valence-electron chi connectivity index (χ4n) is 5.06. The molecule has 1 saturated carbocycles. The van der Waals surface area contributed by atoms with Gasteiger partial charge in [-0.25, -0.2) is 9.97 Å². The molecule has 176 valence electrons. The number of rotatable bonds is 5. The molecule has 3 aliphatic rings. The first-order valence-electron chi connectivity index (χ1n) is 11.6. The summed E-state index contributed by atoms with van der Waals surface area (Å²) in [6.07, 6.45) is 8.90. The number of nitrogens with one attached hydrogen (secondary N) is 1. The van der Waals surface area contributed by atoms with Gasteiger partial charge in [-0.3, -0.25) is 0 Å². The second kappa shape index (κ2) is 7.73. The molecule has 1 aromatic carbocycles. The molecule has 3 aromatic rings. The van der Waals surface area contributed by atoms with Gasteiger partial charge < -0.3 is 29.2 Å². The molecule has 0 radical (unpaired) electrons. The van der Waals surface area contributed by atoms with E-state index in [0.717, 1.165) is 53.0 Å². The van der Waals surface area contributed by atoms with Gasteiger partial charge in [-0.15, -0.1) is 0 Å². The Morgan fingerprint density at radius 1 is 1.24 bits per heavy atom. The second-order valence-corrected chi connectivity index (χ2v) is 9.28. The molecule has 1 unspecified atom stereocenters. The molecule has 1 N–H and O–H groups in total. The lowest BCUT2D eigenvalue weighted by molar-refractivity contribution is 0.182. The Bertz CT molecular complexity index is 1260. The summed E-state index contributed by atoms with van der Waals surface area (Å²) in [5.41, 5.74) is 4.57. The van der Waals surface area contributed by atoms with Gasteiger partial charge >= 0.3 is 0 Å². The first kappa shape index (κ1) is 21.0. The molecule has 1 aliphatic carbocycles. The summed E-state index contributed by atoms with van der Waals surface area (Å²) in [4.78, 5) is 18.5. The molecule has 9 nitrogen and oxygen atoms in total. The predicted molar refractivity (Wildman–Crippen MR) is 131 cm³/mol. The van der Waals surface area contributed by atoms with E-state index in [1.54, 1.807) is 13.4 Å². The lowest BCUT2D eigenvalue weighted by atomic mass is 9.89. The van der Waals surface area contributed by atoms with Crippen LogP contribution in [0.5, 0.6) is 5.75 Å². The standard InChI is InChI=1S/C25H29N7O2/c1-16-13-31(15-27-16)20-8-5-18(11-22(20)33-4)28-24-26-12-21-23(29-24)30(3)25(9-10-34-14-25)17(2)32(21)19-6-7-19/h5,8,11-13,15,19H,2,6-7,9-10,14H2,1,3-4H3,(H,26,28,29). The van der Waals surface area contributed by atoms with Crippen LogP contribution in [0.15, 0.2) is 49.2 Å². The number of methoxy groups -OCH3 is 1. The van der Waals surface area contributed by atoms with E-state index < -0.39 is 0 Å². The van der Waals surface area contributed by atoms with Gasteiger partial charge in [0.2, 0.25) is 5.95 Å². The number of likely N-dealkylation sites (N-methyl/N-ethyl adjacent to an activating group) is 1. The lowest BCUT2D eigenvalue weighted by Gasteiger charge is -2.49. The summed E-state index contributed by atoms with van der Waals surface area (Å²) in [5.74, 6) is 2.17. The Kier molecular flexibility index (Phi) is 4.77. The number of hydrogen-bond donors (Lipinski definition) is 1. The van der Waals surface area contributed by atoms with Crippen LogP contribution >= 0.6 is 0 Å². The van der Waals surface area contributed by atoms with Crippen molar-refractivity contribution in [1.29, 1.82) is 0 Å². The SMILES string of the molecule is C=C1N(C2CC2)c2cnc(Nc3ccc(-n4cnc(C)c4)c(OC)c3)nc2N(C)C12CCOC2. The number of nitrogens with zero attached hydrogens (tertiary/aromatic N) is 6. The van der Waals surface area contributed by atoms with Crippen molar-refractivity contribution in [2.75, 3.05) is 42.5 Å². The zero-order valence-corrected chi connectivity index (χ0v) is 19.8. The van der Waals surface area contributed by atoms with E-state index in [2.05, 4.69) is 38.7 Å². The maximum Gasteiger partial charge on any atom is 0.229 e. The van der Waals surface area contributed by atoms with Crippen molar-refractivity contribution < 1.29 is 9.47 Å². The zero-order chi connectivity index (χ0) is 23.4. The van der Waals surface area contributed by atoms with Gasteiger partial charge in [0.25, 0.3) is 0 Å². The highest BCUT2D eigenvalue weighted by Gasteiger charge is 2.51. The normalized spacial score (nSPS) is 21.8. The molecule has 2 fully saturated rings. The third kappa shape index (κ3) is 3.22. The average molecular weight is 460 g/mol. The molecule has 6 rings (SSSR count). The quantitative estimate of drug-likeness (QED) is 0.617. The van der Waals surface area contributed by atoms with Crippen LogP contribution in [0.25, 0.3) is 5.69 Å². The number of benzene rings is 1. The van der Waals surface area contributed by atoms with E-state index in [1.807, 2.05) is 42.1 Å². The van der Waals surface area contributed by atoms with E-state index in [0.29, 0.717) is 18.6 Å². The largest absolute Gasteiger partial charge is 0.494 e. The van der Waals surface area contributed by atoms with Gasteiger partial charge in [-0.2, -0.15) is 4.98 Å². The van der Waals surface area contributed by atoms with Gasteiger partial charge in [0, 0.05) is 49.8 Å². The highest BCUT2D eigenvalue weighted by Crippen LogP contribution is 2.50. The first-order valence-corrected chi connectivity index (χ1v) is 11.6. The summed E-state index contributed by atoms with van der Waals surface area (Å²) >= 11 is 0. The predicted octanol–water partition coefficient (Wildman–Crippen LogP) is 3.81. The molecule has 2 aromatic heterocycles. The van der Waals surface area contributed by atoms with Crippen LogP contribution in [0.2, 0.25) is 0 Å². The van der Waals surface area contributed by atoms with Crippen molar-refractivity contribution in [2.24, 2.45) is 0 Å². The van der Waals surface area contributed by atoms with E-state index in [9.17, 15) is 0 Å². The number of anilines is 4. The van der Waals surface area contributed by atoms with Crippen LogP contribution in [-0.4, -0.2) is 58.5 Å². The molecule has 9 heteroatoms. The van der Waals surface area contributed by atoms with Crippen LogP contribution in [0.1, 0.15) is 25.0 Å². The number of fused-ring (bicyclic) bond motifs is 1. The number of imidazole rings is 1. The fourth-order valence-corrected chi connectivity index (χ4v) is 5.06. The summed E-state index contributed by atoms with van der Waals surface area (Å²) in [7, 11) is 3.75. The van der Waals surface area contributed by atoms with Gasteiger partial charge in [0.05, 0.1) is 37.6 Å². The molecular weight excluding hydrogens is 430 g/mol. The van der Waals surface area contributed by atoms with E-state index in [4.69, 9.17) is 14.5 Å². The number of ether oxygens (including phenoxy) is 2. The minimum Gasteiger partial charge on any atom is -0.494 e. The van der Waals surface area contributed by atoms with Crippen LogP contribution in [0, 0.1) is 6.92 Å². The highest BCUT2D eigenvalue weighted by atomic mass is 16.5. The number of aromatic nitrogens is 4. The van der Waals surface area contributed by atoms with Gasteiger partial charge in [-0.05, 0) is 31.9 Å². The fraction of sp³-hybridized carbons (Fsp3) is 0.400. The maximum absolute atomic E-state index is 5.83. The highest BCUT2D eigenvalue weighted by molar-refractivity contribution is 5.78. The molecular formula is C25H29N7O2. The smallest absolute Gasteiger partial charge is 0.229 e. The Balaban J connectivity index is 1.34. The number of aryl methyl sites for hydroxylation is 1. The van der Waals surface area contributed by atoms with Crippen molar-refractivity contribution in [3.8, 4) is 11.4 Å². The van der Waals surface area contributed by atoms with Crippen LogP contribution in [-0.2, 0) is 4.74 Å². The molecule has 1 atom stereocenters. The minimum absolute atomic E-state index is 0.255. The van der Waals surface area contributed by atoms with Crippen LogP contribution in [0.4, 0.5) is 23.1 Å². The third-order valence-corrected chi connectivity index (χ3v) is 7.14. The van der Waals surface area contributed by atoms with Crippen LogP contribution < -0.4 is 19.9 Å². The molecule has 34 heavy (non-hydrogen) atoms. The molecule has 2 aliphatic heterocycles. The van der Waals surface area contributed by atoms with Crippen molar-refractivity contribution in [1.82, 2.24) is 19.5 Å². The Morgan fingerprint density at radius 2 is 2.09 bits per heavy atom. The maximum atomic E-state index is 5.83. The molecule has 0 amide bonds. The first-order chi connectivity index (χ1) is 16.5. The summed E-state index contributed by atoms with van der Waals surface area (Å²) in [5, 5.41) is 3.36. The van der Waals surface area contributed by atoms with Crippen molar-refractivity contribution in [3.05, 3.63) is 54.9 Å². The summed E-state index contributed by atoms with van der Waals surface area (Å²) in [6.45, 7) is 7.82. The molecule has 4 heterocycles. The topological polar surface area (TPSA) is 80.6 Å². The minimum atomic E-state index is -0.255. The third-order valence-electron chi connectivity index (χ3n) is 7.14. The van der Waals surface area contributed by atoms with E-state index >= 15 is 0 Å². The summed E-state index contributed by atoms with van der Waals surface area (Å²) in [6, 6.07) is 6.41. The van der Waals surface area contributed by atoms with E-state index in [-0.39, 0.29) is 5.54 Å². The van der Waals surface area contributed by atoms with Gasteiger partial charge in [-0.1, -0.05) is 6.58 Å². The van der Waals surface area contributed by atoms with E-state index in [1.165, 1.54) is 12.8 Å². The monoisotopic (exact) mass is 459 g/mol. The molecule has 1 spiro atoms. The summed E-state index contributed by atoms with van der Waals surface area (Å²) < 4.78 is 13.4. The second-order valence-electron chi connectivity index (χ2n) is 9.28. The van der Waals surface area contributed by atoms with Gasteiger partial charge in [0.15, 0.2) is 5.82 Å². The number of hydrogen-bond acceptors (Lipinski definition) is 8. The van der Waals surface area contributed by atoms with Crippen molar-refractivity contribution >= 4 is 23.1 Å². The van der Waals surface area contributed by atoms with Crippen molar-refractivity contribution in [2.45, 2.75) is 37.8 Å². The van der Waals surface area contributed by atoms with Crippen LogP contribution in [0.3, 0.4) is 0 Å². The van der Waals surface area contributed by atoms with Crippen molar-refractivity contribution in [3.63, 3.8) is 0 Å². The Hall–Kier alpha value is -3.59. The van der Waals surface area contributed by atoms with Gasteiger partial charge in [0.1, 0.15) is 17.0 Å². The average Bonchev–Trinajstić information content (AvgIpc) is 3.37. The molecule has 0 bridgehead atoms. The Labute approximate surface area is 199 Å². The Morgan fingerprint density at radius 3 is 2.76 bits per heavy atom. The molecule has 1 saturated heterocycles. The lowest BCUT2D eigenvalue weighted by Crippen LogP contribution is -2.57. The zero-order valence-electron chi connectivity index (χ0n) is 19.8.